The third kappa shape index (κ3) is 5.42. The largest absolute Gasteiger partial charge is 0.387 e. The van der Waals surface area contributed by atoms with Crippen molar-refractivity contribution in [3.05, 3.63) is 65.9 Å². The van der Waals surface area contributed by atoms with Crippen LogP contribution in [0.1, 0.15) is 11.7 Å². The molecule has 32 heavy (non-hydrogen) atoms. The van der Waals surface area contributed by atoms with Crippen molar-refractivity contribution in [1.29, 1.82) is 0 Å². The summed E-state index contributed by atoms with van der Waals surface area (Å²) in [7, 11) is 0. The van der Waals surface area contributed by atoms with E-state index in [1.807, 2.05) is 30.5 Å². The summed E-state index contributed by atoms with van der Waals surface area (Å²) in [6.07, 6.45) is 0.881. The fourth-order valence-corrected chi connectivity index (χ4v) is 3.75. The molecule has 7 nitrogen and oxygen atoms in total. The zero-order valence-corrected chi connectivity index (χ0v) is 17.6. The summed E-state index contributed by atoms with van der Waals surface area (Å²) >= 11 is 0. The molecule has 9 heteroatoms. The minimum atomic E-state index is -1.15. The average Bonchev–Trinajstić information content (AvgIpc) is 3.20. The number of nitrogens with one attached hydrogen (secondary N) is 2. The number of halogens is 2. The Morgan fingerprint density at radius 3 is 2.66 bits per heavy atom. The maximum absolute atomic E-state index is 13.3. The number of urea groups is 1. The van der Waals surface area contributed by atoms with Gasteiger partial charge < -0.3 is 25.0 Å². The zero-order chi connectivity index (χ0) is 22.5. The summed E-state index contributed by atoms with van der Waals surface area (Å²) in [5, 5.41) is 16.4. The number of carbonyl (C=O) groups is 1. The minimum absolute atomic E-state index is 0.142. The topological polar surface area (TPSA) is 78.8 Å². The predicted octanol–water partition coefficient (Wildman–Crippen LogP) is 3.11. The van der Waals surface area contributed by atoms with Gasteiger partial charge in [0.15, 0.2) is 11.6 Å². The van der Waals surface area contributed by atoms with Crippen LogP contribution in [0.3, 0.4) is 0 Å². The second kappa shape index (κ2) is 10.1. The first-order valence-corrected chi connectivity index (χ1v) is 10.6. The number of rotatable bonds is 7. The quantitative estimate of drug-likeness (QED) is 0.523. The Bertz CT molecular complexity index is 1080. The number of benzene rings is 2. The highest BCUT2D eigenvalue weighted by molar-refractivity contribution is 5.93. The van der Waals surface area contributed by atoms with E-state index in [2.05, 4.69) is 20.1 Å². The number of hydrogen-bond donors (Lipinski definition) is 3. The fourth-order valence-electron chi connectivity index (χ4n) is 3.75. The average molecular weight is 444 g/mol. The smallest absolute Gasteiger partial charge is 0.319 e. The molecular weight excluding hydrogens is 418 g/mol. The Morgan fingerprint density at radius 2 is 1.88 bits per heavy atom. The van der Waals surface area contributed by atoms with E-state index in [1.54, 1.807) is 0 Å². The van der Waals surface area contributed by atoms with Crippen molar-refractivity contribution in [3.63, 3.8) is 0 Å². The SMILES string of the molecule is O=C(NCC(O)c1ccc(F)c(F)c1)Nc1ccc2c(ccn2CCN2CCOCC2)c1. The number of carbonyl (C=O) groups excluding carboxylic acids is 1. The summed E-state index contributed by atoms with van der Waals surface area (Å²) < 4.78 is 33.9. The highest BCUT2D eigenvalue weighted by atomic mass is 19.2. The first-order valence-electron chi connectivity index (χ1n) is 10.6. The van der Waals surface area contributed by atoms with Gasteiger partial charge in [-0.3, -0.25) is 4.90 Å². The molecule has 1 aliphatic heterocycles. The summed E-state index contributed by atoms with van der Waals surface area (Å²) in [5.74, 6) is -2.03. The Labute approximate surface area is 184 Å². The van der Waals surface area contributed by atoms with Gasteiger partial charge in [0.2, 0.25) is 0 Å². The number of morpholine rings is 1. The molecule has 2 aromatic carbocycles. The predicted molar refractivity (Wildman–Crippen MR) is 118 cm³/mol. The van der Waals surface area contributed by atoms with Crippen molar-refractivity contribution in [1.82, 2.24) is 14.8 Å². The molecule has 1 atom stereocenters. The van der Waals surface area contributed by atoms with Gasteiger partial charge in [-0.15, -0.1) is 0 Å². The Hall–Kier alpha value is -3.01. The van der Waals surface area contributed by atoms with Gasteiger partial charge in [0, 0.05) is 55.5 Å². The summed E-state index contributed by atoms with van der Waals surface area (Å²) in [5.41, 5.74) is 1.88. The van der Waals surface area contributed by atoms with E-state index in [4.69, 9.17) is 4.74 Å². The summed E-state index contributed by atoms with van der Waals surface area (Å²) in [4.78, 5) is 14.6. The first kappa shape index (κ1) is 22.2. The van der Waals surface area contributed by atoms with E-state index in [0.717, 1.165) is 62.4 Å². The van der Waals surface area contributed by atoms with E-state index >= 15 is 0 Å². The van der Waals surface area contributed by atoms with Crippen LogP contribution in [0.5, 0.6) is 0 Å². The Kier molecular flexibility index (Phi) is 6.99. The maximum atomic E-state index is 13.3. The van der Waals surface area contributed by atoms with Crippen LogP contribution in [0.25, 0.3) is 10.9 Å². The van der Waals surface area contributed by atoms with E-state index in [0.29, 0.717) is 5.69 Å². The summed E-state index contributed by atoms with van der Waals surface area (Å²) in [6, 6.07) is 10.3. The van der Waals surface area contributed by atoms with E-state index < -0.39 is 23.8 Å². The first-order chi connectivity index (χ1) is 15.5. The zero-order valence-electron chi connectivity index (χ0n) is 17.6. The van der Waals surface area contributed by atoms with Crippen molar-refractivity contribution in [2.24, 2.45) is 0 Å². The highest BCUT2D eigenvalue weighted by Gasteiger charge is 2.13. The van der Waals surface area contributed by atoms with Crippen LogP contribution in [0.4, 0.5) is 19.3 Å². The molecule has 2 amide bonds. The molecule has 0 saturated carbocycles. The van der Waals surface area contributed by atoms with Gasteiger partial charge in [-0.1, -0.05) is 6.07 Å². The Morgan fingerprint density at radius 1 is 1.06 bits per heavy atom. The number of nitrogens with zero attached hydrogens (tertiary/aromatic N) is 2. The molecule has 3 aromatic rings. The number of anilines is 1. The normalized spacial score (nSPS) is 15.6. The van der Waals surface area contributed by atoms with Crippen LogP contribution in [0, 0.1) is 11.6 Å². The van der Waals surface area contributed by atoms with Gasteiger partial charge >= 0.3 is 6.03 Å². The van der Waals surface area contributed by atoms with Crippen LogP contribution in [-0.2, 0) is 11.3 Å². The molecule has 4 rings (SSSR count). The van der Waals surface area contributed by atoms with Gasteiger partial charge in [-0.05, 0) is 42.0 Å². The van der Waals surface area contributed by atoms with Gasteiger partial charge in [-0.2, -0.15) is 0 Å². The molecule has 1 unspecified atom stereocenters. The third-order valence-corrected chi connectivity index (χ3v) is 5.57. The lowest BCUT2D eigenvalue weighted by Crippen LogP contribution is -2.38. The number of ether oxygens (including phenoxy) is 1. The Balaban J connectivity index is 1.30. The summed E-state index contributed by atoms with van der Waals surface area (Å²) in [6.45, 7) is 5.15. The molecule has 1 aromatic heterocycles. The van der Waals surface area contributed by atoms with Gasteiger partial charge in [-0.25, -0.2) is 13.6 Å². The second-order valence-corrected chi connectivity index (χ2v) is 7.76. The lowest BCUT2D eigenvalue weighted by molar-refractivity contribution is 0.0365. The van der Waals surface area contributed by atoms with Crippen LogP contribution >= 0.6 is 0 Å². The lowest BCUT2D eigenvalue weighted by atomic mass is 10.1. The van der Waals surface area contributed by atoms with Crippen LogP contribution in [0.2, 0.25) is 0 Å². The molecule has 0 spiro atoms. The molecule has 1 aliphatic rings. The maximum Gasteiger partial charge on any atom is 0.319 e. The fraction of sp³-hybridized carbons (Fsp3) is 0.348. The standard InChI is InChI=1S/C23H26F2N4O3/c24-19-3-1-17(14-20(19)25)22(30)15-26-23(31)27-18-2-4-21-16(13-18)5-6-29(21)8-7-28-9-11-32-12-10-28/h1-6,13-14,22,30H,7-12,15H2,(H2,26,27,31). The van der Waals surface area contributed by atoms with Crippen molar-refractivity contribution < 1.29 is 23.4 Å². The molecule has 0 radical (unpaired) electrons. The molecule has 0 bridgehead atoms. The number of aliphatic hydroxyl groups excluding tert-OH is 1. The number of fused-ring (bicyclic) bond motifs is 1. The van der Waals surface area contributed by atoms with Crippen molar-refractivity contribution in [2.75, 3.05) is 44.7 Å². The number of amides is 2. The second-order valence-electron chi connectivity index (χ2n) is 7.76. The number of aliphatic hydroxyl groups is 1. The van der Waals surface area contributed by atoms with Crippen LogP contribution < -0.4 is 10.6 Å². The molecule has 1 fully saturated rings. The van der Waals surface area contributed by atoms with Crippen LogP contribution in [-0.4, -0.2) is 60.0 Å². The highest BCUT2D eigenvalue weighted by Crippen LogP contribution is 2.21. The van der Waals surface area contributed by atoms with E-state index in [1.165, 1.54) is 6.07 Å². The number of aromatic nitrogens is 1. The van der Waals surface area contributed by atoms with Crippen molar-refractivity contribution in [2.45, 2.75) is 12.6 Å². The third-order valence-electron chi connectivity index (χ3n) is 5.57. The molecule has 170 valence electrons. The minimum Gasteiger partial charge on any atom is -0.387 e. The van der Waals surface area contributed by atoms with Crippen LogP contribution in [0.15, 0.2) is 48.7 Å². The van der Waals surface area contributed by atoms with E-state index in [9.17, 15) is 18.7 Å². The number of hydrogen-bond acceptors (Lipinski definition) is 4. The van der Waals surface area contributed by atoms with Crippen molar-refractivity contribution >= 4 is 22.6 Å². The lowest BCUT2D eigenvalue weighted by Gasteiger charge is -2.26. The molecular formula is C23H26F2N4O3. The van der Waals surface area contributed by atoms with Gasteiger partial charge in [0.1, 0.15) is 0 Å². The van der Waals surface area contributed by atoms with Gasteiger partial charge in [0.05, 0.1) is 19.3 Å². The van der Waals surface area contributed by atoms with Gasteiger partial charge in [0.25, 0.3) is 0 Å². The molecule has 3 N–H and O–H groups in total. The monoisotopic (exact) mass is 444 g/mol. The molecule has 2 heterocycles. The van der Waals surface area contributed by atoms with E-state index in [-0.39, 0.29) is 12.1 Å². The van der Waals surface area contributed by atoms with Crippen molar-refractivity contribution in [3.8, 4) is 0 Å². The molecule has 0 aliphatic carbocycles. The molecule has 1 saturated heterocycles.